The van der Waals surface area contributed by atoms with Gasteiger partial charge < -0.3 is 10.2 Å². The Labute approximate surface area is 90.1 Å². The zero-order valence-corrected chi connectivity index (χ0v) is 9.47. The summed E-state index contributed by atoms with van der Waals surface area (Å²) in [7, 11) is 2.01. The maximum Gasteiger partial charge on any atom is 0.125 e. The van der Waals surface area contributed by atoms with Crippen LogP contribution in [0, 0.1) is 11.2 Å². The van der Waals surface area contributed by atoms with Crippen LogP contribution in [-0.2, 0) is 0 Å². The van der Waals surface area contributed by atoms with E-state index in [2.05, 4.69) is 24.1 Å². The summed E-state index contributed by atoms with van der Waals surface area (Å²) >= 11 is 0. The molecule has 2 rings (SSSR count). The third-order valence-electron chi connectivity index (χ3n) is 2.79. The number of fused-ring (bicyclic) bond motifs is 1. The second kappa shape index (κ2) is 3.40. The van der Waals surface area contributed by atoms with E-state index in [0.717, 1.165) is 24.5 Å². The third kappa shape index (κ3) is 2.06. The molecule has 1 N–H and O–H groups in total. The van der Waals surface area contributed by atoms with Gasteiger partial charge in [0.15, 0.2) is 0 Å². The normalized spacial score (nSPS) is 19.1. The fraction of sp³-hybridized carbons (Fsp3) is 0.500. The molecule has 15 heavy (non-hydrogen) atoms. The van der Waals surface area contributed by atoms with Crippen LogP contribution in [-0.4, -0.2) is 20.1 Å². The molecule has 0 aromatic heterocycles. The van der Waals surface area contributed by atoms with Crippen LogP contribution < -0.4 is 10.2 Å². The first-order valence-electron chi connectivity index (χ1n) is 5.22. The Morgan fingerprint density at radius 3 is 2.87 bits per heavy atom. The van der Waals surface area contributed by atoms with Gasteiger partial charge in [-0.2, -0.15) is 0 Å². The van der Waals surface area contributed by atoms with Crippen molar-refractivity contribution in [2.75, 3.05) is 30.4 Å². The predicted octanol–water partition coefficient (Wildman–Crippen LogP) is 2.71. The van der Waals surface area contributed by atoms with Crippen LogP contribution in [0.5, 0.6) is 0 Å². The van der Waals surface area contributed by atoms with E-state index in [1.807, 2.05) is 13.1 Å². The Kier molecular flexibility index (Phi) is 2.33. The number of rotatable bonds is 0. The molecule has 82 valence electrons. The minimum Gasteiger partial charge on any atom is -0.383 e. The molecule has 1 aliphatic heterocycles. The molecule has 0 atom stereocenters. The van der Waals surface area contributed by atoms with Gasteiger partial charge in [-0.05, 0) is 23.6 Å². The van der Waals surface area contributed by atoms with Gasteiger partial charge in [-0.25, -0.2) is 4.39 Å². The lowest BCUT2D eigenvalue weighted by Gasteiger charge is -2.27. The van der Waals surface area contributed by atoms with Crippen molar-refractivity contribution in [3.8, 4) is 0 Å². The van der Waals surface area contributed by atoms with Crippen LogP contribution >= 0.6 is 0 Å². The zero-order valence-electron chi connectivity index (χ0n) is 9.47. The lowest BCUT2D eigenvalue weighted by molar-refractivity contribution is 0.402. The molecule has 0 spiro atoms. The highest BCUT2D eigenvalue weighted by Gasteiger charge is 2.25. The Hall–Kier alpha value is -1.25. The smallest absolute Gasteiger partial charge is 0.125 e. The maximum absolute atomic E-state index is 13.1. The highest BCUT2D eigenvalue weighted by atomic mass is 19.1. The van der Waals surface area contributed by atoms with Gasteiger partial charge >= 0.3 is 0 Å². The van der Waals surface area contributed by atoms with Crippen LogP contribution in [0.25, 0.3) is 0 Å². The molecule has 1 aromatic carbocycles. The monoisotopic (exact) mass is 208 g/mol. The van der Waals surface area contributed by atoms with Crippen molar-refractivity contribution in [2.45, 2.75) is 13.8 Å². The molecule has 0 saturated carbocycles. The van der Waals surface area contributed by atoms with E-state index in [-0.39, 0.29) is 11.2 Å². The number of nitrogens with zero attached hydrogens (tertiary/aromatic N) is 1. The summed E-state index contributed by atoms with van der Waals surface area (Å²) in [5, 5.41) is 3.36. The number of benzene rings is 1. The minimum atomic E-state index is -0.179. The van der Waals surface area contributed by atoms with Crippen molar-refractivity contribution in [3.63, 3.8) is 0 Å². The first-order chi connectivity index (χ1) is 6.98. The molecule has 0 unspecified atom stereocenters. The molecule has 1 heterocycles. The SMILES string of the molecule is CN1CC(C)(C)CNc2ccc(F)cc21. The molecule has 3 heteroatoms. The van der Waals surface area contributed by atoms with Crippen LogP contribution in [0.2, 0.25) is 0 Å². The molecule has 1 aromatic rings. The molecular formula is C12H17FN2. The molecule has 1 aliphatic rings. The quantitative estimate of drug-likeness (QED) is 0.705. The summed E-state index contributed by atoms with van der Waals surface area (Å²) in [4.78, 5) is 2.11. The third-order valence-corrected chi connectivity index (χ3v) is 2.79. The summed E-state index contributed by atoms with van der Waals surface area (Å²) < 4.78 is 13.1. The Bertz CT molecular complexity index is 374. The summed E-state index contributed by atoms with van der Waals surface area (Å²) in [5.41, 5.74) is 2.16. The summed E-state index contributed by atoms with van der Waals surface area (Å²) in [6, 6.07) is 4.89. The fourth-order valence-electron chi connectivity index (χ4n) is 2.09. The van der Waals surface area contributed by atoms with Gasteiger partial charge in [0.05, 0.1) is 11.4 Å². The molecular weight excluding hydrogens is 191 g/mol. The minimum absolute atomic E-state index is 0.179. The van der Waals surface area contributed by atoms with Gasteiger partial charge in [0.25, 0.3) is 0 Å². The number of nitrogens with one attached hydrogen (secondary N) is 1. The van der Waals surface area contributed by atoms with Crippen molar-refractivity contribution in [2.24, 2.45) is 5.41 Å². The van der Waals surface area contributed by atoms with E-state index in [4.69, 9.17) is 0 Å². The van der Waals surface area contributed by atoms with Crippen molar-refractivity contribution in [1.82, 2.24) is 0 Å². The van der Waals surface area contributed by atoms with Gasteiger partial charge in [0.1, 0.15) is 5.82 Å². The van der Waals surface area contributed by atoms with Crippen LogP contribution in [0.4, 0.5) is 15.8 Å². The maximum atomic E-state index is 13.1. The zero-order chi connectivity index (χ0) is 11.1. The van der Waals surface area contributed by atoms with Gasteiger partial charge in [-0.3, -0.25) is 0 Å². The van der Waals surface area contributed by atoms with E-state index in [1.165, 1.54) is 6.07 Å². The molecule has 0 aliphatic carbocycles. The lowest BCUT2D eigenvalue weighted by atomic mass is 9.93. The lowest BCUT2D eigenvalue weighted by Crippen LogP contribution is -2.33. The Morgan fingerprint density at radius 1 is 1.40 bits per heavy atom. The topological polar surface area (TPSA) is 15.3 Å². The van der Waals surface area contributed by atoms with Gasteiger partial charge in [0, 0.05) is 20.1 Å². The van der Waals surface area contributed by atoms with Crippen LogP contribution in [0.15, 0.2) is 18.2 Å². The fourth-order valence-corrected chi connectivity index (χ4v) is 2.09. The van der Waals surface area contributed by atoms with Gasteiger partial charge in [-0.15, -0.1) is 0 Å². The van der Waals surface area contributed by atoms with Crippen molar-refractivity contribution >= 4 is 11.4 Å². The first-order valence-corrected chi connectivity index (χ1v) is 5.22. The Morgan fingerprint density at radius 2 is 2.13 bits per heavy atom. The number of hydrogen-bond acceptors (Lipinski definition) is 2. The molecule has 2 nitrogen and oxygen atoms in total. The van der Waals surface area contributed by atoms with E-state index in [0.29, 0.717) is 0 Å². The highest BCUT2D eigenvalue weighted by molar-refractivity contribution is 5.70. The standard InChI is InChI=1S/C12H17FN2/c1-12(2)7-14-10-5-4-9(13)6-11(10)15(3)8-12/h4-6,14H,7-8H2,1-3H3. The molecule has 0 radical (unpaired) electrons. The van der Waals surface area contributed by atoms with Crippen molar-refractivity contribution < 1.29 is 4.39 Å². The highest BCUT2D eigenvalue weighted by Crippen LogP contribution is 2.32. The van der Waals surface area contributed by atoms with E-state index in [9.17, 15) is 4.39 Å². The number of halogens is 1. The largest absolute Gasteiger partial charge is 0.383 e. The van der Waals surface area contributed by atoms with Gasteiger partial charge in [0.2, 0.25) is 0 Å². The summed E-state index contributed by atoms with van der Waals surface area (Å²) in [5.74, 6) is -0.179. The molecule has 0 saturated heterocycles. The number of hydrogen-bond donors (Lipinski definition) is 1. The second-order valence-electron chi connectivity index (χ2n) is 5.04. The number of anilines is 2. The van der Waals surface area contributed by atoms with Gasteiger partial charge in [-0.1, -0.05) is 13.8 Å². The second-order valence-corrected chi connectivity index (χ2v) is 5.04. The summed E-state index contributed by atoms with van der Waals surface area (Å²) in [6.45, 7) is 6.25. The van der Waals surface area contributed by atoms with E-state index >= 15 is 0 Å². The average Bonchev–Trinajstić information content (AvgIpc) is 2.24. The van der Waals surface area contributed by atoms with Crippen LogP contribution in [0.3, 0.4) is 0 Å². The van der Waals surface area contributed by atoms with E-state index < -0.39 is 0 Å². The Balaban J connectivity index is 2.40. The van der Waals surface area contributed by atoms with Crippen molar-refractivity contribution in [3.05, 3.63) is 24.0 Å². The first kappa shape index (κ1) is 10.3. The average molecular weight is 208 g/mol. The molecule has 0 amide bonds. The molecule has 0 bridgehead atoms. The van der Waals surface area contributed by atoms with Crippen molar-refractivity contribution in [1.29, 1.82) is 0 Å². The summed E-state index contributed by atoms with van der Waals surface area (Å²) in [6.07, 6.45) is 0. The van der Waals surface area contributed by atoms with E-state index in [1.54, 1.807) is 6.07 Å². The molecule has 0 fully saturated rings. The van der Waals surface area contributed by atoms with Crippen LogP contribution in [0.1, 0.15) is 13.8 Å². The predicted molar refractivity (Wildman–Crippen MR) is 61.9 cm³/mol.